The van der Waals surface area contributed by atoms with E-state index in [4.69, 9.17) is 4.74 Å². The Kier molecular flexibility index (Phi) is 6.14. The summed E-state index contributed by atoms with van der Waals surface area (Å²) in [5.74, 6) is 1.33. The Morgan fingerprint density at radius 1 is 1.11 bits per heavy atom. The molecule has 28 heavy (non-hydrogen) atoms. The predicted octanol–water partition coefficient (Wildman–Crippen LogP) is 2.54. The number of piperazine rings is 1. The van der Waals surface area contributed by atoms with Crippen molar-refractivity contribution in [2.75, 3.05) is 50.1 Å². The van der Waals surface area contributed by atoms with Crippen LogP contribution in [0.2, 0.25) is 0 Å². The average molecular weight is 383 g/mol. The van der Waals surface area contributed by atoms with Gasteiger partial charge in [-0.1, -0.05) is 32.9 Å². The molecule has 1 aromatic carbocycles. The van der Waals surface area contributed by atoms with Gasteiger partial charge in [0.2, 0.25) is 11.8 Å². The highest BCUT2D eigenvalue weighted by atomic mass is 16.5. The molecule has 0 radical (unpaired) electrons. The Labute approximate surface area is 166 Å². The number of anilines is 2. The summed E-state index contributed by atoms with van der Waals surface area (Å²) in [6, 6.07) is 8.09. The van der Waals surface area contributed by atoms with E-state index in [9.17, 15) is 4.79 Å². The van der Waals surface area contributed by atoms with Crippen molar-refractivity contribution in [3.05, 3.63) is 42.2 Å². The lowest BCUT2D eigenvalue weighted by Gasteiger charge is -2.34. The molecule has 0 unspecified atom stereocenters. The summed E-state index contributed by atoms with van der Waals surface area (Å²) in [5.41, 5.74) is 2.19. The highest BCUT2D eigenvalue weighted by Gasteiger charge is 2.20. The van der Waals surface area contributed by atoms with Gasteiger partial charge in [-0.05, 0) is 23.1 Å². The van der Waals surface area contributed by atoms with Gasteiger partial charge < -0.3 is 15.0 Å². The van der Waals surface area contributed by atoms with Crippen LogP contribution >= 0.6 is 0 Å². The minimum Gasteiger partial charge on any atom is -0.480 e. The second kappa shape index (κ2) is 8.56. The molecule has 1 N–H and O–H groups in total. The fourth-order valence-corrected chi connectivity index (χ4v) is 3.18. The van der Waals surface area contributed by atoms with Crippen LogP contribution in [0.4, 0.5) is 11.5 Å². The molecule has 7 nitrogen and oxygen atoms in total. The lowest BCUT2D eigenvalue weighted by Crippen LogP contribution is -2.49. The second-order valence-electron chi connectivity index (χ2n) is 8.06. The smallest absolute Gasteiger partial charge is 0.238 e. The van der Waals surface area contributed by atoms with Crippen molar-refractivity contribution < 1.29 is 9.53 Å². The van der Waals surface area contributed by atoms with Crippen molar-refractivity contribution in [3.63, 3.8) is 0 Å². The van der Waals surface area contributed by atoms with Crippen LogP contribution in [0.5, 0.6) is 5.88 Å². The van der Waals surface area contributed by atoms with Gasteiger partial charge in [-0.25, -0.2) is 0 Å². The van der Waals surface area contributed by atoms with E-state index in [1.165, 1.54) is 5.56 Å². The molecule has 0 aliphatic carbocycles. The average Bonchev–Trinajstić information content (AvgIpc) is 2.68. The zero-order valence-corrected chi connectivity index (χ0v) is 17.1. The van der Waals surface area contributed by atoms with E-state index >= 15 is 0 Å². The summed E-state index contributed by atoms with van der Waals surface area (Å²) in [7, 11) is 1.58. The molecule has 0 saturated carbocycles. The van der Waals surface area contributed by atoms with E-state index in [0.29, 0.717) is 12.4 Å². The molecule has 2 heterocycles. The topological polar surface area (TPSA) is 70.6 Å². The molecule has 1 aliphatic rings. The summed E-state index contributed by atoms with van der Waals surface area (Å²) in [5, 5.41) is 2.99. The number of ether oxygens (including phenoxy) is 1. The van der Waals surface area contributed by atoms with E-state index in [1.54, 1.807) is 19.5 Å². The van der Waals surface area contributed by atoms with Crippen molar-refractivity contribution in [3.8, 4) is 5.88 Å². The Morgan fingerprint density at radius 3 is 2.39 bits per heavy atom. The number of carbonyl (C=O) groups is 1. The lowest BCUT2D eigenvalue weighted by molar-refractivity contribution is -0.117. The maximum atomic E-state index is 12.4. The van der Waals surface area contributed by atoms with E-state index in [1.807, 2.05) is 12.1 Å². The van der Waals surface area contributed by atoms with E-state index in [0.717, 1.165) is 37.7 Å². The monoisotopic (exact) mass is 383 g/mol. The fourth-order valence-electron chi connectivity index (χ4n) is 3.18. The van der Waals surface area contributed by atoms with Gasteiger partial charge in [-0.15, -0.1) is 0 Å². The zero-order valence-electron chi connectivity index (χ0n) is 17.1. The van der Waals surface area contributed by atoms with Gasteiger partial charge in [0, 0.05) is 31.9 Å². The van der Waals surface area contributed by atoms with Crippen molar-refractivity contribution in [2.45, 2.75) is 26.2 Å². The SMILES string of the molecule is COc1cncc(N2CCN(CC(=O)Nc3ccc(C(C)(C)C)cc3)CC2)n1. The van der Waals surface area contributed by atoms with E-state index < -0.39 is 0 Å². The van der Waals surface area contributed by atoms with Crippen LogP contribution in [0.3, 0.4) is 0 Å². The van der Waals surface area contributed by atoms with Crippen LogP contribution < -0.4 is 15.0 Å². The maximum Gasteiger partial charge on any atom is 0.238 e. The molecule has 0 bridgehead atoms. The first kappa shape index (κ1) is 20.1. The van der Waals surface area contributed by atoms with Gasteiger partial charge in [-0.2, -0.15) is 4.98 Å². The number of nitrogens with zero attached hydrogens (tertiary/aromatic N) is 4. The first-order chi connectivity index (χ1) is 13.3. The number of benzene rings is 1. The van der Waals surface area contributed by atoms with Crippen LogP contribution in [0.1, 0.15) is 26.3 Å². The Morgan fingerprint density at radius 2 is 1.79 bits per heavy atom. The summed E-state index contributed by atoms with van der Waals surface area (Å²) < 4.78 is 5.14. The Hall–Kier alpha value is -2.67. The molecule has 1 saturated heterocycles. The number of nitrogens with one attached hydrogen (secondary N) is 1. The van der Waals surface area contributed by atoms with Crippen molar-refractivity contribution in [1.82, 2.24) is 14.9 Å². The third-order valence-corrected chi connectivity index (χ3v) is 4.91. The number of hydrogen-bond acceptors (Lipinski definition) is 6. The number of hydrogen-bond donors (Lipinski definition) is 1. The predicted molar refractivity (Wildman–Crippen MR) is 111 cm³/mol. The van der Waals surface area contributed by atoms with E-state index in [2.05, 4.69) is 58.0 Å². The third-order valence-electron chi connectivity index (χ3n) is 4.91. The van der Waals surface area contributed by atoms with Crippen molar-refractivity contribution in [1.29, 1.82) is 0 Å². The Bertz CT molecular complexity index is 793. The number of aromatic nitrogens is 2. The van der Waals surface area contributed by atoms with Gasteiger partial charge in [0.05, 0.1) is 26.0 Å². The maximum absolute atomic E-state index is 12.4. The number of carbonyl (C=O) groups excluding carboxylic acids is 1. The van der Waals surface area contributed by atoms with Crippen LogP contribution in [0.25, 0.3) is 0 Å². The molecule has 1 aliphatic heterocycles. The molecular formula is C21H29N5O2. The molecule has 2 aromatic rings. The normalized spacial score (nSPS) is 15.4. The second-order valence-corrected chi connectivity index (χ2v) is 8.06. The zero-order chi connectivity index (χ0) is 20.1. The molecular weight excluding hydrogens is 354 g/mol. The summed E-state index contributed by atoms with van der Waals surface area (Å²) in [4.78, 5) is 25.3. The van der Waals surface area contributed by atoms with Gasteiger partial charge in [0.1, 0.15) is 0 Å². The quantitative estimate of drug-likeness (QED) is 0.856. The highest BCUT2D eigenvalue weighted by molar-refractivity contribution is 5.92. The summed E-state index contributed by atoms with van der Waals surface area (Å²) >= 11 is 0. The van der Waals surface area contributed by atoms with Crippen LogP contribution in [0, 0.1) is 0 Å². The van der Waals surface area contributed by atoms with Gasteiger partial charge in [0.15, 0.2) is 5.82 Å². The lowest BCUT2D eigenvalue weighted by atomic mass is 9.87. The van der Waals surface area contributed by atoms with Crippen LogP contribution in [-0.2, 0) is 10.2 Å². The van der Waals surface area contributed by atoms with Crippen molar-refractivity contribution in [2.24, 2.45) is 0 Å². The molecule has 0 spiro atoms. The molecule has 1 aromatic heterocycles. The number of rotatable bonds is 5. The standard InChI is InChI=1S/C21H29N5O2/c1-21(2,3)16-5-7-17(8-6-16)23-19(27)15-25-9-11-26(12-10-25)18-13-22-14-20(24-18)28-4/h5-8,13-14H,9-12,15H2,1-4H3,(H,23,27). The van der Waals surface area contributed by atoms with Gasteiger partial charge >= 0.3 is 0 Å². The number of amides is 1. The minimum atomic E-state index is 0.0122. The molecule has 150 valence electrons. The summed E-state index contributed by atoms with van der Waals surface area (Å²) in [6.07, 6.45) is 3.34. The van der Waals surface area contributed by atoms with Crippen LogP contribution in [-0.4, -0.2) is 60.6 Å². The third kappa shape index (κ3) is 5.19. The fraction of sp³-hybridized carbons (Fsp3) is 0.476. The van der Waals surface area contributed by atoms with Crippen molar-refractivity contribution >= 4 is 17.4 Å². The molecule has 0 atom stereocenters. The van der Waals surface area contributed by atoms with Gasteiger partial charge in [0.25, 0.3) is 0 Å². The van der Waals surface area contributed by atoms with Crippen LogP contribution in [0.15, 0.2) is 36.7 Å². The molecule has 1 fully saturated rings. The molecule has 3 rings (SSSR count). The van der Waals surface area contributed by atoms with E-state index in [-0.39, 0.29) is 11.3 Å². The Balaban J connectivity index is 1.48. The molecule has 7 heteroatoms. The summed E-state index contributed by atoms with van der Waals surface area (Å²) in [6.45, 7) is 10.1. The van der Waals surface area contributed by atoms with Gasteiger partial charge in [-0.3, -0.25) is 14.7 Å². The first-order valence-electron chi connectivity index (χ1n) is 9.59. The molecule has 1 amide bonds. The minimum absolute atomic E-state index is 0.0122. The first-order valence-corrected chi connectivity index (χ1v) is 9.59. The number of methoxy groups -OCH3 is 1. The largest absolute Gasteiger partial charge is 0.480 e. The highest BCUT2D eigenvalue weighted by Crippen LogP contribution is 2.23.